The smallest absolute Gasteiger partial charge is 0.259 e. The predicted molar refractivity (Wildman–Crippen MR) is 132 cm³/mol. The van der Waals surface area contributed by atoms with Gasteiger partial charge in [0, 0.05) is 18.2 Å². The predicted octanol–water partition coefficient (Wildman–Crippen LogP) is 4.17. The highest BCUT2D eigenvalue weighted by Gasteiger charge is 2.21. The highest BCUT2D eigenvalue weighted by molar-refractivity contribution is 7.88. The molecule has 0 aliphatic heterocycles. The lowest BCUT2D eigenvalue weighted by Crippen LogP contribution is -2.31. The van der Waals surface area contributed by atoms with Crippen LogP contribution in [0.2, 0.25) is 0 Å². The van der Waals surface area contributed by atoms with Crippen LogP contribution in [0.5, 0.6) is 0 Å². The first-order valence-electron chi connectivity index (χ1n) is 11.2. The number of nitrogens with zero attached hydrogens (tertiary/aromatic N) is 2. The topological polar surface area (TPSA) is 127 Å². The van der Waals surface area contributed by atoms with E-state index >= 15 is 0 Å². The van der Waals surface area contributed by atoms with Gasteiger partial charge in [0.05, 0.1) is 28.1 Å². The number of furan rings is 1. The molecule has 1 aromatic carbocycles. The summed E-state index contributed by atoms with van der Waals surface area (Å²) in [6.45, 7) is 9.28. The van der Waals surface area contributed by atoms with E-state index in [1.54, 1.807) is 51.1 Å². The van der Waals surface area contributed by atoms with Crippen molar-refractivity contribution in [2.24, 2.45) is 0 Å². The molecule has 4 rings (SSSR count). The van der Waals surface area contributed by atoms with Gasteiger partial charge in [-0.05, 0) is 57.9 Å². The minimum atomic E-state index is -3.40. The largest absolute Gasteiger partial charge is 0.466 e. The Kier molecular flexibility index (Phi) is 6.77. The SMILES string of the molecule is Cc1cc(-c2cc(C(=O)NCc3ccc(CS(=O)(=O)NC(C)C)cc3)c3c(C)noc3n2)c(C)o1. The number of nitrogens with one attached hydrogen (secondary N) is 2. The van der Waals surface area contributed by atoms with Crippen LogP contribution in [-0.4, -0.2) is 30.5 Å². The van der Waals surface area contributed by atoms with Crippen molar-refractivity contribution in [3.63, 3.8) is 0 Å². The monoisotopic (exact) mass is 496 g/mol. The lowest BCUT2D eigenvalue weighted by molar-refractivity contribution is 0.0952. The Morgan fingerprint density at radius 2 is 1.74 bits per heavy atom. The third-order valence-electron chi connectivity index (χ3n) is 5.43. The highest BCUT2D eigenvalue weighted by atomic mass is 32.2. The van der Waals surface area contributed by atoms with Gasteiger partial charge in [-0.25, -0.2) is 18.1 Å². The zero-order chi connectivity index (χ0) is 25.3. The van der Waals surface area contributed by atoms with Crippen molar-refractivity contribution >= 4 is 27.0 Å². The normalized spacial score (nSPS) is 11.9. The molecule has 3 heterocycles. The molecule has 0 radical (unpaired) electrons. The van der Waals surface area contributed by atoms with Gasteiger partial charge in [-0.2, -0.15) is 0 Å². The summed E-state index contributed by atoms with van der Waals surface area (Å²) in [4.78, 5) is 17.7. The summed E-state index contributed by atoms with van der Waals surface area (Å²) in [7, 11) is -3.40. The molecule has 184 valence electrons. The Bertz CT molecular complexity index is 1480. The first-order valence-corrected chi connectivity index (χ1v) is 12.9. The number of hydrogen-bond acceptors (Lipinski definition) is 7. The number of carbonyl (C=O) groups is 1. The Labute approximate surface area is 204 Å². The maximum Gasteiger partial charge on any atom is 0.259 e. The van der Waals surface area contributed by atoms with Gasteiger partial charge in [0.1, 0.15) is 11.5 Å². The number of pyridine rings is 1. The Morgan fingerprint density at radius 3 is 2.37 bits per heavy atom. The molecule has 0 saturated carbocycles. The van der Waals surface area contributed by atoms with E-state index in [-0.39, 0.29) is 30.0 Å². The molecule has 0 atom stereocenters. The van der Waals surface area contributed by atoms with Gasteiger partial charge >= 0.3 is 0 Å². The van der Waals surface area contributed by atoms with Crippen LogP contribution in [0.3, 0.4) is 0 Å². The molecule has 2 N–H and O–H groups in total. The Balaban J connectivity index is 1.53. The summed E-state index contributed by atoms with van der Waals surface area (Å²) in [6, 6.07) is 10.5. The fraction of sp³-hybridized carbons (Fsp3) is 0.320. The third kappa shape index (κ3) is 5.60. The van der Waals surface area contributed by atoms with Gasteiger partial charge in [-0.15, -0.1) is 0 Å². The quantitative estimate of drug-likeness (QED) is 0.375. The van der Waals surface area contributed by atoms with Gasteiger partial charge in [-0.3, -0.25) is 4.79 Å². The lowest BCUT2D eigenvalue weighted by atomic mass is 10.1. The number of rotatable bonds is 8. The summed E-state index contributed by atoms with van der Waals surface area (Å²) >= 11 is 0. The van der Waals surface area contributed by atoms with E-state index in [2.05, 4.69) is 20.2 Å². The molecule has 0 fully saturated rings. The fourth-order valence-corrected chi connectivity index (χ4v) is 5.38. The van der Waals surface area contributed by atoms with Gasteiger partial charge in [-0.1, -0.05) is 29.4 Å². The van der Waals surface area contributed by atoms with E-state index in [0.29, 0.717) is 33.7 Å². The molecule has 35 heavy (non-hydrogen) atoms. The molecule has 0 spiro atoms. The van der Waals surface area contributed by atoms with Crippen molar-refractivity contribution in [2.45, 2.75) is 53.0 Å². The van der Waals surface area contributed by atoms with Crippen LogP contribution in [0.1, 0.15) is 52.5 Å². The van der Waals surface area contributed by atoms with E-state index in [1.807, 2.05) is 19.9 Å². The maximum absolute atomic E-state index is 13.2. The van der Waals surface area contributed by atoms with Gasteiger partial charge in [0.2, 0.25) is 10.0 Å². The van der Waals surface area contributed by atoms with Crippen LogP contribution >= 0.6 is 0 Å². The van der Waals surface area contributed by atoms with Crippen molar-refractivity contribution in [3.8, 4) is 11.3 Å². The number of aromatic nitrogens is 2. The Morgan fingerprint density at radius 1 is 1.06 bits per heavy atom. The molecule has 0 saturated heterocycles. The standard InChI is InChI=1S/C25H28N4O5S/c1-14(2)29-35(31,32)13-19-8-6-18(7-9-19)12-26-24(30)21-11-22(20-10-15(3)33-17(20)5)27-25-23(21)16(4)28-34-25/h6-11,14,29H,12-13H2,1-5H3,(H,26,30). The third-order valence-corrected chi connectivity index (χ3v) is 6.97. The zero-order valence-corrected chi connectivity index (χ0v) is 21.1. The van der Waals surface area contributed by atoms with Crippen molar-refractivity contribution in [1.29, 1.82) is 0 Å². The van der Waals surface area contributed by atoms with Crippen LogP contribution in [0.25, 0.3) is 22.4 Å². The van der Waals surface area contributed by atoms with Crippen molar-refractivity contribution in [1.82, 2.24) is 20.2 Å². The van der Waals surface area contributed by atoms with E-state index in [4.69, 9.17) is 8.94 Å². The second-order valence-electron chi connectivity index (χ2n) is 8.86. The van der Waals surface area contributed by atoms with E-state index in [9.17, 15) is 13.2 Å². The second-order valence-corrected chi connectivity index (χ2v) is 10.6. The van der Waals surface area contributed by atoms with Crippen LogP contribution in [0.4, 0.5) is 0 Å². The minimum Gasteiger partial charge on any atom is -0.466 e. The summed E-state index contributed by atoms with van der Waals surface area (Å²) in [5.41, 5.74) is 4.11. The molecule has 0 bridgehead atoms. The molecule has 9 nitrogen and oxygen atoms in total. The fourth-order valence-electron chi connectivity index (χ4n) is 3.95. The maximum atomic E-state index is 13.2. The number of sulfonamides is 1. The van der Waals surface area contributed by atoms with Crippen LogP contribution in [0.15, 0.2) is 45.3 Å². The summed E-state index contributed by atoms with van der Waals surface area (Å²) in [5.74, 6) is 1.04. The van der Waals surface area contributed by atoms with Crippen LogP contribution in [0, 0.1) is 20.8 Å². The van der Waals surface area contributed by atoms with Crippen LogP contribution in [-0.2, 0) is 22.3 Å². The summed E-state index contributed by atoms with van der Waals surface area (Å²) < 4.78 is 37.8. The number of hydrogen-bond donors (Lipinski definition) is 2. The number of benzene rings is 1. The molecule has 0 unspecified atom stereocenters. The lowest BCUT2D eigenvalue weighted by Gasteiger charge is -2.11. The van der Waals surface area contributed by atoms with E-state index in [0.717, 1.165) is 16.9 Å². The summed E-state index contributed by atoms with van der Waals surface area (Å²) in [6.07, 6.45) is 0. The summed E-state index contributed by atoms with van der Waals surface area (Å²) in [5, 5.41) is 7.47. The molecule has 4 aromatic rings. The molecule has 1 amide bonds. The first kappa shape index (κ1) is 24.6. The average Bonchev–Trinajstić information content (AvgIpc) is 3.32. The number of amides is 1. The molecular formula is C25H28N4O5S. The van der Waals surface area contributed by atoms with Gasteiger partial charge in [0.15, 0.2) is 0 Å². The first-order chi connectivity index (χ1) is 16.5. The molecular weight excluding hydrogens is 468 g/mol. The molecule has 0 aliphatic carbocycles. The Hall–Kier alpha value is -3.50. The van der Waals surface area contributed by atoms with E-state index in [1.165, 1.54) is 0 Å². The van der Waals surface area contributed by atoms with Crippen molar-refractivity contribution in [3.05, 3.63) is 70.3 Å². The number of carbonyl (C=O) groups excluding carboxylic acids is 1. The van der Waals surface area contributed by atoms with Crippen LogP contribution < -0.4 is 10.0 Å². The molecule has 10 heteroatoms. The average molecular weight is 497 g/mol. The zero-order valence-electron chi connectivity index (χ0n) is 20.3. The van der Waals surface area contributed by atoms with Crippen molar-refractivity contribution < 1.29 is 22.2 Å². The highest BCUT2D eigenvalue weighted by Crippen LogP contribution is 2.30. The van der Waals surface area contributed by atoms with Crippen molar-refractivity contribution in [2.75, 3.05) is 0 Å². The van der Waals surface area contributed by atoms with Gasteiger partial charge < -0.3 is 14.3 Å². The second kappa shape index (κ2) is 9.63. The van der Waals surface area contributed by atoms with E-state index < -0.39 is 10.0 Å². The number of aryl methyl sites for hydroxylation is 3. The number of fused-ring (bicyclic) bond motifs is 1. The van der Waals surface area contributed by atoms with Gasteiger partial charge in [0.25, 0.3) is 11.6 Å². The minimum absolute atomic E-state index is 0.102. The molecule has 0 aliphatic rings. The molecule has 3 aromatic heterocycles.